The van der Waals surface area contributed by atoms with Gasteiger partial charge in [0.1, 0.15) is 0 Å². The molecule has 4 nitrogen and oxygen atoms in total. The van der Waals surface area contributed by atoms with E-state index in [1.807, 2.05) is 0 Å². The SMILES string of the molecule is CCOC(OCC)C(=O)O.c1cc2ccc1-2. The van der Waals surface area contributed by atoms with E-state index >= 15 is 0 Å². The van der Waals surface area contributed by atoms with Gasteiger partial charge in [0.15, 0.2) is 0 Å². The molecule has 0 fully saturated rings. The van der Waals surface area contributed by atoms with Crippen LogP contribution in [0.25, 0.3) is 11.1 Å². The molecule has 0 aromatic heterocycles. The number of hydrogen-bond acceptors (Lipinski definition) is 3. The van der Waals surface area contributed by atoms with Crippen molar-refractivity contribution in [2.75, 3.05) is 13.2 Å². The Hall–Kier alpha value is -1.39. The molecule has 2 rings (SSSR count). The molecule has 0 saturated heterocycles. The van der Waals surface area contributed by atoms with Crippen LogP contribution in [0.2, 0.25) is 0 Å². The molecule has 2 aliphatic rings. The van der Waals surface area contributed by atoms with E-state index < -0.39 is 12.3 Å². The lowest BCUT2D eigenvalue weighted by Crippen LogP contribution is -2.26. The molecular formula is C12H16O4. The van der Waals surface area contributed by atoms with Gasteiger partial charge in [0, 0.05) is 13.2 Å². The summed E-state index contributed by atoms with van der Waals surface area (Å²) < 4.78 is 9.44. The molecule has 4 heteroatoms. The first kappa shape index (κ1) is 12.7. The highest BCUT2D eigenvalue weighted by molar-refractivity contribution is 5.75. The van der Waals surface area contributed by atoms with Crippen LogP contribution in [-0.2, 0) is 14.3 Å². The summed E-state index contributed by atoms with van der Waals surface area (Å²) in [5, 5.41) is 8.39. The second kappa shape index (κ2) is 6.25. The van der Waals surface area contributed by atoms with Crippen molar-refractivity contribution in [1.29, 1.82) is 0 Å². The van der Waals surface area contributed by atoms with Gasteiger partial charge in [-0.3, -0.25) is 0 Å². The minimum absolute atomic E-state index is 0.344. The predicted molar refractivity (Wildman–Crippen MR) is 60.1 cm³/mol. The first-order chi connectivity index (χ1) is 7.69. The largest absolute Gasteiger partial charge is 0.477 e. The zero-order valence-electron chi connectivity index (χ0n) is 9.47. The van der Waals surface area contributed by atoms with Crippen LogP contribution in [0.4, 0.5) is 0 Å². The minimum Gasteiger partial charge on any atom is -0.477 e. The Bertz CT molecular complexity index is 304. The zero-order chi connectivity index (χ0) is 12.0. The van der Waals surface area contributed by atoms with Crippen molar-refractivity contribution in [2.24, 2.45) is 0 Å². The lowest BCUT2D eigenvalue weighted by atomic mass is 9.95. The minimum atomic E-state index is -1.10. The normalized spacial score (nSPS) is 10.7. The number of carbonyl (C=O) groups is 1. The second-order valence-corrected chi connectivity index (χ2v) is 3.16. The maximum Gasteiger partial charge on any atom is 0.361 e. The van der Waals surface area contributed by atoms with Crippen LogP contribution in [0.15, 0.2) is 24.3 Å². The van der Waals surface area contributed by atoms with Gasteiger partial charge in [-0.15, -0.1) is 0 Å². The van der Waals surface area contributed by atoms with E-state index in [1.165, 1.54) is 11.1 Å². The lowest BCUT2D eigenvalue weighted by molar-refractivity contribution is -0.187. The lowest BCUT2D eigenvalue weighted by Gasteiger charge is -2.10. The molecule has 0 saturated carbocycles. The van der Waals surface area contributed by atoms with Gasteiger partial charge in [-0.05, 0) is 25.0 Å². The van der Waals surface area contributed by atoms with E-state index in [-0.39, 0.29) is 0 Å². The van der Waals surface area contributed by atoms with Gasteiger partial charge < -0.3 is 14.6 Å². The van der Waals surface area contributed by atoms with Crippen LogP contribution in [-0.4, -0.2) is 30.6 Å². The predicted octanol–water partition coefficient (Wildman–Crippen LogP) is 2.14. The fraction of sp³-hybridized carbons (Fsp3) is 0.417. The van der Waals surface area contributed by atoms with E-state index in [4.69, 9.17) is 14.6 Å². The first-order valence-electron chi connectivity index (χ1n) is 5.25. The number of carboxylic acid groups (broad SMARTS) is 1. The molecule has 1 N–H and O–H groups in total. The Morgan fingerprint density at radius 1 is 1.12 bits per heavy atom. The number of ether oxygens (including phenoxy) is 2. The Labute approximate surface area is 94.8 Å². The molecule has 0 aromatic carbocycles. The number of fused-ring (bicyclic) bond motifs is 1. The van der Waals surface area contributed by atoms with E-state index in [0.717, 1.165) is 0 Å². The van der Waals surface area contributed by atoms with Gasteiger partial charge in [-0.1, -0.05) is 24.3 Å². The maximum atomic E-state index is 10.2. The zero-order valence-corrected chi connectivity index (χ0v) is 9.47. The quantitative estimate of drug-likeness (QED) is 0.790. The van der Waals surface area contributed by atoms with Crippen LogP contribution in [0.5, 0.6) is 0 Å². The third kappa shape index (κ3) is 3.32. The number of aliphatic carboxylic acids is 1. The Morgan fingerprint density at radius 3 is 1.62 bits per heavy atom. The van der Waals surface area contributed by atoms with Crippen molar-refractivity contribution in [1.82, 2.24) is 0 Å². The summed E-state index contributed by atoms with van der Waals surface area (Å²) in [5.41, 5.74) is 2.85. The van der Waals surface area contributed by atoms with Crippen molar-refractivity contribution < 1.29 is 19.4 Å². The summed E-state index contributed by atoms with van der Waals surface area (Å²) in [6.07, 6.45) is -1.10. The third-order valence-electron chi connectivity index (χ3n) is 2.06. The Morgan fingerprint density at radius 2 is 1.50 bits per heavy atom. The van der Waals surface area contributed by atoms with Crippen molar-refractivity contribution in [2.45, 2.75) is 20.1 Å². The molecule has 0 atom stereocenters. The summed E-state index contributed by atoms with van der Waals surface area (Å²) >= 11 is 0. The van der Waals surface area contributed by atoms with Gasteiger partial charge in [-0.25, -0.2) is 4.79 Å². The Balaban J connectivity index is 0.000000176. The van der Waals surface area contributed by atoms with Crippen molar-refractivity contribution in [3.8, 4) is 11.1 Å². The molecule has 0 amide bonds. The molecule has 16 heavy (non-hydrogen) atoms. The van der Waals surface area contributed by atoms with E-state index in [0.29, 0.717) is 13.2 Å². The van der Waals surface area contributed by atoms with Gasteiger partial charge in [0.2, 0.25) is 0 Å². The summed E-state index contributed by atoms with van der Waals surface area (Å²) in [6.45, 7) is 4.12. The van der Waals surface area contributed by atoms with E-state index in [1.54, 1.807) is 13.8 Å². The van der Waals surface area contributed by atoms with Crippen LogP contribution >= 0.6 is 0 Å². The average molecular weight is 224 g/mol. The molecule has 0 aromatic rings. The van der Waals surface area contributed by atoms with Crippen LogP contribution in [0, 0.1) is 0 Å². The highest BCUT2D eigenvalue weighted by atomic mass is 16.7. The van der Waals surface area contributed by atoms with Crippen LogP contribution in [0.3, 0.4) is 0 Å². The molecular weight excluding hydrogens is 208 g/mol. The molecule has 0 radical (unpaired) electrons. The summed E-state index contributed by atoms with van der Waals surface area (Å²) in [5.74, 6) is -1.08. The van der Waals surface area contributed by atoms with Crippen molar-refractivity contribution in [3.63, 3.8) is 0 Å². The highest BCUT2D eigenvalue weighted by Crippen LogP contribution is 2.29. The molecule has 0 spiro atoms. The number of benzene rings is 1. The van der Waals surface area contributed by atoms with E-state index in [9.17, 15) is 4.79 Å². The highest BCUT2D eigenvalue weighted by Gasteiger charge is 2.16. The van der Waals surface area contributed by atoms with Crippen LogP contribution < -0.4 is 0 Å². The summed E-state index contributed by atoms with van der Waals surface area (Å²) in [7, 11) is 0. The van der Waals surface area contributed by atoms with Gasteiger partial charge in [-0.2, -0.15) is 0 Å². The fourth-order valence-electron chi connectivity index (χ4n) is 1.16. The van der Waals surface area contributed by atoms with Gasteiger partial charge in [0.25, 0.3) is 6.29 Å². The number of hydrogen-bond donors (Lipinski definition) is 1. The van der Waals surface area contributed by atoms with Crippen molar-refractivity contribution in [3.05, 3.63) is 24.3 Å². The smallest absolute Gasteiger partial charge is 0.361 e. The average Bonchev–Trinajstić information content (AvgIpc) is 2.24. The van der Waals surface area contributed by atoms with Gasteiger partial charge in [0.05, 0.1) is 0 Å². The molecule has 0 heterocycles. The van der Waals surface area contributed by atoms with Crippen molar-refractivity contribution >= 4 is 5.97 Å². The second-order valence-electron chi connectivity index (χ2n) is 3.16. The molecule has 88 valence electrons. The number of rotatable bonds is 5. The summed E-state index contributed by atoms with van der Waals surface area (Å²) in [4.78, 5) is 10.2. The number of carboxylic acids is 1. The molecule has 0 aliphatic heterocycles. The maximum absolute atomic E-state index is 10.2. The molecule has 2 aliphatic carbocycles. The van der Waals surface area contributed by atoms with Crippen LogP contribution in [0.1, 0.15) is 13.8 Å². The first-order valence-corrected chi connectivity index (χ1v) is 5.25. The van der Waals surface area contributed by atoms with Gasteiger partial charge >= 0.3 is 5.97 Å². The molecule has 0 bridgehead atoms. The standard InChI is InChI=1S/C6H12O4.C6H4/c1-3-9-6(5(7)8)10-4-2;1-2-6-4-3-5(1)6/h6H,3-4H2,1-2H3,(H,7,8);1-4H. The monoisotopic (exact) mass is 224 g/mol. The molecule has 0 unspecified atom stereocenters. The summed E-state index contributed by atoms with van der Waals surface area (Å²) in [6, 6.07) is 8.48. The topological polar surface area (TPSA) is 55.8 Å². The Kier molecular flexibility index (Phi) is 4.95. The fourth-order valence-corrected chi connectivity index (χ4v) is 1.16. The van der Waals surface area contributed by atoms with E-state index in [2.05, 4.69) is 24.3 Å². The third-order valence-corrected chi connectivity index (χ3v) is 2.06.